The molecule has 0 saturated heterocycles. The van der Waals surface area contributed by atoms with E-state index in [1.54, 1.807) is 12.1 Å². The van der Waals surface area contributed by atoms with E-state index >= 15 is 0 Å². The van der Waals surface area contributed by atoms with Crippen LogP contribution in [0.25, 0.3) is 32.7 Å². The standard InChI is InChI=1S/C37H30O6/c1-3-35(39)41-21-7-8-26-15-19-31-28(22-26)10-6-12-33(31)36-32-11-5-4-9-27(32)16-20-34(36)42-24-29(23-38)37(40)43-30-17-13-25(2)14-18-30/h3-6,9-20,22,29,38H,1,21,23-24H2,2H3. The number of aryl methyl sites for hydroxylation is 1. The Morgan fingerprint density at radius 2 is 1.70 bits per heavy atom. The lowest BCUT2D eigenvalue weighted by molar-refractivity contribution is -0.141. The molecule has 6 heteroatoms. The smallest absolute Gasteiger partial charge is 0.331 e. The highest BCUT2D eigenvalue weighted by molar-refractivity contribution is 6.07. The van der Waals surface area contributed by atoms with Gasteiger partial charge in [-0.15, -0.1) is 0 Å². The highest BCUT2D eigenvalue weighted by Crippen LogP contribution is 2.41. The van der Waals surface area contributed by atoms with Crippen molar-refractivity contribution in [3.8, 4) is 34.5 Å². The summed E-state index contributed by atoms with van der Waals surface area (Å²) >= 11 is 0. The number of esters is 2. The molecule has 214 valence electrons. The molecule has 0 heterocycles. The van der Waals surface area contributed by atoms with Crippen molar-refractivity contribution in [2.75, 3.05) is 19.8 Å². The summed E-state index contributed by atoms with van der Waals surface area (Å²) in [4.78, 5) is 24.1. The molecule has 0 amide bonds. The molecule has 1 unspecified atom stereocenters. The Bertz CT molecular complexity index is 1860. The normalized spacial score (nSPS) is 11.3. The van der Waals surface area contributed by atoms with Crippen LogP contribution in [0.1, 0.15) is 11.1 Å². The van der Waals surface area contributed by atoms with Gasteiger partial charge in [0.2, 0.25) is 0 Å². The van der Waals surface area contributed by atoms with Gasteiger partial charge in [0.05, 0.1) is 6.61 Å². The lowest BCUT2D eigenvalue weighted by Gasteiger charge is -2.19. The summed E-state index contributed by atoms with van der Waals surface area (Å²) in [5.74, 6) is 4.93. The average molecular weight is 571 g/mol. The van der Waals surface area contributed by atoms with Crippen molar-refractivity contribution in [2.45, 2.75) is 6.92 Å². The molecule has 0 fully saturated rings. The third kappa shape index (κ3) is 6.92. The number of aliphatic hydroxyl groups is 1. The van der Waals surface area contributed by atoms with Gasteiger partial charge in [-0.25, -0.2) is 4.79 Å². The van der Waals surface area contributed by atoms with Gasteiger partial charge in [0.15, 0.2) is 6.61 Å². The molecule has 1 N–H and O–H groups in total. The minimum absolute atomic E-state index is 0.0208. The van der Waals surface area contributed by atoms with Crippen molar-refractivity contribution >= 4 is 33.5 Å². The molecule has 0 radical (unpaired) electrons. The zero-order valence-corrected chi connectivity index (χ0v) is 23.7. The molecular formula is C37H30O6. The minimum Gasteiger partial charge on any atom is -0.492 e. The predicted octanol–water partition coefficient (Wildman–Crippen LogP) is 6.64. The number of ether oxygens (including phenoxy) is 3. The summed E-state index contributed by atoms with van der Waals surface area (Å²) in [5, 5.41) is 14.0. The van der Waals surface area contributed by atoms with E-state index in [9.17, 15) is 14.7 Å². The maximum absolute atomic E-state index is 12.9. The number of rotatable bonds is 9. The van der Waals surface area contributed by atoms with E-state index in [1.807, 2.05) is 91.9 Å². The third-order valence-corrected chi connectivity index (χ3v) is 6.96. The Balaban J connectivity index is 1.46. The van der Waals surface area contributed by atoms with Crippen molar-refractivity contribution in [3.05, 3.63) is 121 Å². The van der Waals surface area contributed by atoms with Gasteiger partial charge in [-0.05, 0) is 64.4 Å². The van der Waals surface area contributed by atoms with Gasteiger partial charge in [0, 0.05) is 17.2 Å². The molecule has 5 aromatic rings. The quantitative estimate of drug-likeness (QED) is 0.0926. The van der Waals surface area contributed by atoms with Gasteiger partial charge in [-0.3, -0.25) is 4.79 Å². The minimum atomic E-state index is -0.875. The summed E-state index contributed by atoms with van der Waals surface area (Å²) in [6.07, 6.45) is 1.10. The Kier molecular flexibility index (Phi) is 9.16. The first-order chi connectivity index (χ1) is 21.0. The van der Waals surface area contributed by atoms with Gasteiger partial charge < -0.3 is 19.3 Å². The first-order valence-electron chi connectivity index (χ1n) is 13.8. The SMILES string of the molecule is C=CC(=O)OCC#Cc1ccc2c(-c3c(OCC(CO)C(=O)Oc4ccc(C)cc4)ccc4ccccc34)cccc2c1. The number of hydrogen-bond acceptors (Lipinski definition) is 6. The van der Waals surface area contributed by atoms with Crippen LogP contribution in [-0.2, 0) is 14.3 Å². The van der Waals surface area contributed by atoms with Crippen LogP contribution in [0.3, 0.4) is 0 Å². The molecule has 0 aliphatic carbocycles. The molecule has 5 aromatic carbocycles. The van der Waals surface area contributed by atoms with Crippen LogP contribution >= 0.6 is 0 Å². The molecule has 0 spiro atoms. The summed E-state index contributed by atoms with van der Waals surface area (Å²) in [5.41, 5.74) is 3.66. The number of fused-ring (bicyclic) bond motifs is 2. The second-order valence-corrected chi connectivity index (χ2v) is 9.94. The van der Waals surface area contributed by atoms with Crippen LogP contribution in [-0.4, -0.2) is 36.9 Å². The second-order valence-electron chi connectivity index (χ2n) is 9.94. The summed E-state index contributed by atoms with van der Waals surface area (Å²) in [6, 6.07) is 31.0. The number of carbonyl (C=O) groups excluding carboxylic acids is 2. The van der Waals surface area contributed by atoms with Crippen LogP contribution < -0.4 is 9.47 Å². The van der Waals surface area contributed by atoms with Crippen LogP contribution in [0.4, 0.5) is 0 Å². The van der Waals surface area contributed by atoms with Gasteiger partial charge in [-0.2, -0.15) is 0 Å². The van der Waals surface area contributed by atoms with Crippen molar-refractivity contribution < 1.29 is 28.9 Å². The Hall–Kier alpha value is -5.38. The van der Waals surface area contributed by atoms with E-state index in [-0.39, 0.29) is 13.2 Å². The molecule has 6 nitrogen and oxygen atoms in total. The fraction of sp³-hybridized carbons (Fsp3) is 0.135. The average Bonchev–Trinajstić information content (AvgIpc) is 3.03. The van der Waals surface area contributed by atoms with E-state index in [0.29, 0.717) is 11.5 Å². The van der Waals surface area contributed by atoms with Crippen molar-refractivity contribution in [2.24, 2.45) is 5.92 Å². The monoisotopic (exact) mass is 570 g/mol. The zero-order chi connectivity index (χ0) is 30.2. The molecular weight excluding hydrogens is 540 g/mol. The van der Waals surface area contributed by atoms with Crippen LogP contribution in [0.15, 0.2) is 110 Å². The highest BCUT2D eigenvalue weighted by atomic mass is 16.5. The Morgan fingerprint density at radius 1 is 0.907 bits per heavy atom. The zero-order valence-electron chi connectivity index (χ0n) is 23.7. The first kappa shape index (κ1) is 29.1. The molecule has 1 atom stereocenters. The van der Waals surface area contributed by atoms with Gasteiger partial charge in [0.1, 0.15) is 24.0 Å². The number of benzene rings is 5. The van der Waals surface area contributed by atoms with E-state index in [0.717, 1.165) is 49.9 Å². The molecule has 0 saturated carbocycles. The lowest BCUT2D eigenvalue weighted by Crippen LogP contribution is -2.29. The van der Waals surface area contributed by atoms with Gasteiger partial charge in [0.25, 0.3) is 0 Å². The largest absolute Gasteiger partial charge is 0.492 e. The topological polar surface area (TPSA) is 82.1 Å². The van der Waals surface area contributed by atoms with E-state index < -0.39 is 24.5 Å². The molecule has 0 bridgehead atoms. The molecule has 0 aromatic heterocycles. The Labute approximate surface area is 250 Å². The Morgan fingerprint density at radius 3 is 2.49 bits per heavy atom. The van der Waals surface area contributed by atoms with Crippen LogP contribution in [0.2, 0.25) is 0 Å². The maximum Gasteiger partial charge on any atom is 0.331 e. The van der Waals surface area contributed by atoms with Crippen molar-refractivity contribution in [3.63, 3.8) is 0 Å². The molecule has 0 aliphatic rings. The van der Waals surface area contributed by atoms with Crippen LogP contribution in [0.5, 0.6) is 11.5 Å². The molecule has 5 rings (SSSR count). The summed E-state index contributed by atoms with van der Waals surface area (Å²) in [6.45, 7) is 4.83. The molecule has 0 aliphatic heterocycles. The molecule has 43 heavy (non-hydrogen) atoms. The van der Waals surface area contributed by atoms with E-state index in [2.05, 4.69) is 18.4 Å². The number of hydrogen-bond donors (Lipinski definition) is 1. The highest BCUT2D eigenvalue weighted by Gasteiger charge is 2.23. The van der Waals surface area contributed by atoms with E-state index in [1.165, 1.54) is 0 Å². The van der Waals surface area contributed by atoms with Crippen LogP contribution in [0, 0.1) is 24.7 Å². The van der Waals surface area contributed by atoms with Gasteiger partial charge >= 0.3 is 11.9 Å². The van der Waals surface area contributed by atoms with Crippen molar-refractivity contribution in [1.29, 1.82) is 0 Å². The summed E-state index contributed by atoms with van der Waals surface area (Å²) in [7, 11) is 0. The predicted molar refractivity (Wildman–Crippen MR) is 168 cm³/mol. The maximum atomic E-state index is 12.9. The fourth-order valence-electron chi connectivity index (χ4n) is 4.72. The van der Waals surface area contributed by atoms with Gasteiger partial charge in [-0.1, -0.05) is 90.7 Å². The summed E-state index contributed by atoms with van der Waals surface area (Å²) < 4.78 is 16.7. The second kappa shape index (κ2) is 13.5. The van der Waals surface area contributed by atoms with E-state index in [4.69, 9.17) is 14.2 Å². The van der Waals surface area contributed by atoms with Crippen molar-refractivity contribution in [1.82, 2.24) is 0 Å². The lowest BCUT2D eigenvalue weighted by atomic mass is 9.92. The number of aliphatic hydroxyl groups excluding tert-OH is 1. The number of carbonyl (C=O) groups is 2. The third-order valence-electron chi connectivity index (χ3n) is 6.96. The fourth-order valence-corrected chi connectivity index (χ4v) is 4.72. The first-order valence-corrected chi connectivity index (χ1v) is 13.8.